The minimum Gasteiger partial charge on any atom is -0.481 e. The van der Waals surface area contributed by atoms with Crippen molar-refractivity contribution in [2.45, 2.75) is 39.2 Å². The molecule has 2 aliphatic rings. The molecule has 1 heterocycles. The van der Waals surface area contributed by atoms with Gasteiger partial charge < -0.3 is 9.84 Å². The lowest BCUT2D eigenvalue weighted by molar-refractivity contribution is -0.166. The second-order valence-corrected chi connectivity index (χ2v) is 8.11. The first-order valence-electron chi connectivity index (χ1n) is 9.01. The fourth-order valence-corrected chi connectivity index (χ4v) is 3.94. The molecule has 0 spiro atoms. The van der Waals surface area contributed by atoms with Gasteiger partial charge >= 0.3 is 11.9 Å². The summed E-state index contributed by atoms with van der Waals surface area (Å²) in [5, 5.41) is 9.68. The first kappa shape index (κ1) is 19.1. The number of carbonyl (C=O) groups excluding carboxylic acids is 3. The van der Waals surface area contributed by atoms with Gasteiger partial charge in [0.1, 0.15) is 5.60 Å². The van der Waals surface area contributed by atoms with Crippen molar-refractivity contribution in [2.24, 2.45) is 17.8 Å². The predicted molar refractivity (Wildman–Crippen MR) is 95.0 cm³/mol. The van der Waals surface area contributed by atoms with E-state index in [2.05, 4.69) is 0 Å². The summed E-state index contributed by atoms with van der Waals surface area (Å²) >= 11 is 0. The number of carboxylic acids is 1. The monoisotopic (exact) mass is 373 g/mol. The Balaban J connectivity index is 1.78. The fourth-order valence-electron chi connectivity index (χ4n) is 3.94. The van der Waals surface area contributed by atoms with Crippen LogP contribution in [0.3, 0.4) is 0 Å². The molecular formula is C20H23NO6. The highest BCUT2D eigenvalue weighted by molar-refractivity contribution is 6.21. The van der Waals surface area contributed by atoms with E-state index < -0.39 is 47.1 Å². The quantitative estimate of drug-likeness (QED) is 0.642. The average molecular weight is 373 g/mol. The van der Waals surface area contributed by atoms with Gasteiger partial charge in [-0.1, -0.05) is 12.1 Å². The summed E-state index contributed by atoms with van der Waals surface area (Å²) in [7, 11) is 0. The van der Waals surface area contributed by atoms with Gasteiger partial charge in [-0.05, 0) is 51.7 Å². The summed E-state index contributed by atoms with van der Waals surface area (Å²) in [5.74, 6) is -4.72. The van der Waals surface area contributed by atoms with Crippen molar-refractivity contribution >= 4 is 23.8 Å². The number of rotatable bonds is 4. The maximum atomic E-state index is 12.5. The smallest absolute Gasteiger partial charge is 0.310 e. The molecule has 1 N–H and O–H groups in total. The third-order valence-corrected chi connectivity index (χ3v) is 5.08. The zero-order chi connectivity index (χ0) is 19.9. The summed E-state index contributed by atoms with van der Waals surface area (Å²) in [6, 6.07) is 6.54. The molecule has 1 fully saturated rings. The Kier molecular flexibility index (Phi) is 4.80. The normalized spacial score (nSPS) is 24.9. The Morgan fingerprint density at radius 1 is 1.11 bits per heavy atom. The van der Waals surface area contributed by atoms with Gasteiger partial charge in [0.2, 0.25) is 0 Å². The predicted octanol–water partition coefficient (Wildman–Crippen LogP) is 2.35. The standard InChI is InChI=1S/C20H23NO6/c1-20(2,3)27-19(26)14-9-8-11(15(14)18(24)25)10-21-16(22)12-6-4-5-7-13(12)17(21)23/h4-7,11,14-15H,8-10H2,1-3H3,(H,24,25)/t11-,14-,15+/m0/s1. The molecule has 27 heavy (non-hydrogen) atoms. The highest BCUT2D eigenvalue weighted by atomic mass is 16.6. The molecule has 3 rings (SSSR count). The van der Waals surface area contributed by atoms with E-state index in [4.69, 9.17) is 4.74 Å². The number of hydrogen-bond acceptors (Lipinski definition) is 5. The largest absolute Gasteiger partial charge is 0.481 e. The molecule has 144 valence electrons. The first-order chi connectivity index (χ1) is 12.6. The van der Waals surface area contributed by atoms with Crippen LogP contribution in [0.4, 0.5) is 0 Å². The van der Waals surface area contributed by atoms with E-state index in [0.29, 0.717) is 24.0 Å². The van der Waals surface area contributed by atoms with Crippen LogP contribution in [0.5, 0.6) is 0 Å². The number of fused-ring (bicyclic) bond motifs is 1. The minimum atomic E-state index is -1.11. The van der Waals surface area contributed by atoms with Crippen LogP contribution in [-0.2, 0) is 14.3 Å². The van der Waals surface area contributed by atoms with Crippen molar-refractivity contribution in [3.05, 3.63) is 35.4 Å². The minimum absolute atomic E-state index is 0.0113. The highest BCUT2D eigenvalue weighted by Gasteiger charge is 2.48. The van der Waals surface area contributed by atoms with Gasteiger partial charge in [-0.2, -0.15) is 0 Å². The topological polar surface area (TPSA) is 101 Å². The van der Waals surface area contributed by atoms with E-state index in [1.807, 2.05) is 0 Å². The number of imide groups is 1. The maximum absolute atomic E-state index is 12.5. The molecule has 3 atom stereocenters. The summed E-state index contributed by atoms with van der Waals surface area (Å²) in [6.45, 7) is 5.17. The van der Waals surface area contributed by atoms with Crippen molar-refractivity contribution < 1.29 is 29.0 Å². The Morgan fingerprint density at radius 3 is 2.15 bits per heavy atom. The highest BCUT2D eigenvalue weighted by Crippen LogP contribution is 2.40. The molecule has 0 unspecified atom stereocenters. The van der Waals surface area contributed by atoms with E-state index in [1.54, 1.807) is 45.0 Å². The van der Waals surface area contributed by atoms with E-state index in [0.717, 1.165) is 4.90 Å². The molecule has 2 amide bonds. The molecule has 1 aromatic carbocycles. The number of nitrogens with zero attached hydrogens (tertiary/aromatic N) is 1. The summed E-state index contributed by atoms with van der Waals surface area (Å²) in [5.41, 5.74) is -0.0482. The Labute approximate surface area is 157 Å². The van der Waals surface area contributed by atoms with Crippen LogP contribution in [0.1, 0.15) is 54.3 Å². The van der Waals surface area contributed by atoms with Crippen LogP contribution < -0.4 is 0 Å². The van der Waals surface area contributed by atoms with Crippen LogP contribution in [0.15, 0.2) is 24.3 Å². The van der Waals surface area contributed by atoms with Crippen molar-refractivity contribution in [3.8, 4) is 0 Å². The lowest BCUT2D eigenvalue weighted by Crippen LogP contribution is -2.40. The number of aliphatic carboxylic acids is 1. The Morgan fingerprint density at radius 2 is 1.67 bits per heavy atom. The van der Waals surface area contributed by atoms with Gasteiger partial charge in [0.15, 0.2) is 0 Å². The summed E-state index contributed by atoms with van der Waals surface area (Å²) in [4.78, 5) is 50.5. The molecule has 7 heteroatoms. The average Bonchev–Trinajstić information content (AvgIpc) is 3.10. The van der Waals surface area contributed by atoms with Gasteiger partial charge in [0, 0.05) is 6.54 Å². The number of ether oxygens (including phenoxy) is 1. The molecule has 1 aliphatic carbocycles. The van der Waals surface area contributed by atoms with Crippen LogP contribution in [0.2, 0.25) is 0 Å². The molecule has 1 aromatic rings. The van der Waals surface area contributed by atoms with Crippen molar-refractivity contribution in [1.82, 2.24) is 4.90 Å². The van der Waals surface area contributed by atoms with Crippen LogP contribution in [0, 0.1) is 17.8 Å². The summed E-state index contributed by atoms with van der Waals surface area (Å²) < 4.78 is 5.36. The van der Waals surface area contributed by atoms with Gasteiger partial charge in [0.05, 0.1) is 23.0 Å². The molecule has 0 saturated heterocycles. The number of amides is 2. The van der Waals surface area contributed by atoms with E-state index >= 15 is 0 Å². The number of esters is 1. The van der Waals surface area contributed by atoms with Gasteiger partial charge in [-0.25, -0.2) is 0 Å². The van der Waals surface area contributed by atoms with Crippen LogP contribution in [-0.4, -0.2) is 45.9 Å². The number of hydrogen-bond donors (Lipinski definition) is 1. The van der Waals surface area contributed by atoms with Crippen LogP contribution >= 0.6 is 0 Å². The van der Waals surface area contributed by atoms with Crippen molar-refractivity contribution in [2.75, 3.05) is 6.54 Å². The van der Waals surface area contributed by atoms with E-state index in [9.17, 15) is 24.3 Å². The molecule has 0 aromatic heterocycles. The molecule has 0 bridgehead atoms. The lowest BCUT2D eigenvalue weighted by atomic mass is 9.89. The van der Waals surface area contributed by atoms with E-state index in [1.165, 1.54) is 0 Å². The van der Waals surface area contributed by atoms with Gasteiger partial charge in [-0.3, -0.25) is 24.1 Å². The second kappa shape index (κ2) is 6.79. The number of carbonyl (C=O) groups is 4. The number of carboxylic acid groups (broad SMARTS) is 1. The third-order valence-electron chi connectivity index (χ3n) is 5.08. The van der Waals surface area contributed by atoms with Crippen LogP contribution in [0.25, 0.3) is 0 Å². The Bertz CT molecular complexity index is 774. The zero-order valence-corrected chi connectivity index (χ0v) is 15.6. The Hall–Kier alpha value is -2.70. The zero-order valence-electron chi connectivity index (χ0n) is 15.6. The van der Waals surface area contributed by atoms with E-state index in [-0.39, 0.29) is 6.54 Å². The molecule has 7 nitrogen and oxygen atoms in total. The third kappa shape index (κ3) is 3.59. The molecule has 0 radical (unpaired) electrons. The molecular weight excluding hydrogens is 350 g/mol. The number of benzene rings is 1. The lowest BCUT2D eigenvalue weighted by Gasteiger charge is -2.26. The van der Waals surface area contributed by atoms with Gasteiger partial charge in [0.25, 0.3) is 11.8 Å². The molecule has 1 aliphatic heterocycles. The maximum Gasteiger partial charge on any atom is 0.310 e. The van der Waals surface area contributed by atoms with Crippen molar-refractivity contribution in [3.63, 3.8) is 0 Å². The molecule has 1 saturated carbocycles. The van der Waals surface area contributed by atoms with Gasteiger partial charge in [-0.15, -0.1) is 0 Å². The second-order valence-electron chi connectivity index (χ2n) is 8.11. The fraction of sp³-hybridized carbons (Fsp3) is 0.500. The summed E-state index contributed by atoms with van der Waals surface area (Å²) in [6.07, 6.45) is 0.800. The van der Waals surface area contributed by atoms with Crippen molar-refractivity contribution in [1.29, 1.82) is 0 Å². The SMILES string of the molecule is CC(C)(C)OC(=O)[C@H]1CC[C@@H](CN2C(=O)c3ccccc3C2=O)[C@H]1C(=O)O. The first-order valence-corrected chi connectivity index (χ1v) is 9.01.